The Morgan fingerprint density at radius 2 is 2.20 bits per heavy atom. The Kier molecular flexibility index (Phi) is 5.55. The molecule has 0 bridgehead atoms. The predicted octanol–water partition coefficient (Wildman–Crippen LogP) is 4.34. The van der Waals surface area contributed by atoms with Crippen LogP contribution in [-0.4, -0.2) is 27.0 Å². The van der Waals surface area contributed by atoms with Gasteiger partial charge in [0.25, 0.3) is 0 Å². The Morgan fingerprint density at radius 1 is 1.40 bits per heavy atom. The zero-order chi connectivity index (χ0) is 17.8. The molecule has 7 heteroatoms. The third-order valence-corrected chi connectivity index (χ3v) is 5.67. The number of hydrogen-bond donors (Lipinski definition) is 0. The first kappa shape index (κ1) is 17.7. The lowest BCUT2D eigenvalue weighted by Crippen LogP contribution is -2.27. The topological polar surface area (TPSA) is 51.0 Å². The molecule has 0 spiro atoms. The second-order valence-corrected chi connectivity index (χ2v) is 7.23. The number of anilines is 1. The monoisotopic (exact) mass is 372 g/mol. The van der Waals surface area contributed by atoms with Crippen LogP contribution in [-0.2, 0) is 17.1 Å². The van der Waals surface area contributed by atoms with Gasteiger partial charge in [-0.1, -0.05) is 30.0 Å². The number of hydrogen-bond acceptors (Lipinski definition) is 5. The summed E-state index contributed by atoms with van der Waals surface area (Å²) in [5.41, 5.74) is 3.05. The van der Waals surface area contributed by atoms with Crippen molar-refractivity contribution < 1.29 is 4.79 Å². The third-order valence-electron chi connectivity index (χ3n) is 3.75. The average molecular weight is 373 g/mol. The number of rotatable bonds is 7. The van der Waals surface area contributed by atoms with Crippen LogP contribution in [0.4, 0.5) is 5.13 Å². The number of allylic oxidation sites excluding steroid dienone is 1. The van der Waals surface area contributed by atoms with Crippen LogP contribution in [0.1, 0.15) is 19.5 Å². The van der Waals surface area contributed by atoms with Crippen LogP contribution < -0.4 is 4.90 Å². The molecule has 0 saturated heterocycles. The number of thioether (sulfide) groups is 1. The van der Waals surface area contributed by atoms with E-state index in [1.807, 2.05) is 36.6 Å². The van der Waals surface area contributed by atoms with Gasteiger partial charge in [0.05, 0.1) is 16.7 Å². The van der Waals surface area contributed by atoms with Crippen molar-refractivity contribution in [2.45, 2.75) is 31.3 Å². The van der Waals surface area contributed by atoms with E-state index >= 15 is 0 Å². The van der Waals surface area contributed by atoms with Crippen LogP contribution in [0.25, 0.3) is 11.0 Å². The summed E-state index contributed by atoms with van der Waals surface area (Å²) >= 11 is 3.15. The molecular formula is C18H20N4OS2. The summed E-state index contributed by atoms with van der Waals surface area (Å²) in [4.78, 5) is 22.6. The highest BCUT2D eigenvalue weighted by molar-refractivity contribution is 7.98. The summed E-state index contributed by atoms with van der Waals surface area (Å²) in [6.45, 7) is 8.71. The highest BCUT2D eigenvalue weighted by Gasteiger charge is 2.15. The Bertz CT molecular complexity index is 900. The number of nitrogens with zero attached hydrogens (tertiary/aromatic N) is 4. The largest absolute Gasteiger partial charge is 0.315 e. The van der Waals surface area contributed by atoms with Crippen LogP contribution in [0.2, 0.25) is 0 Å². The fourth-order valence-corrected chi connectivity index (χ4v) is 4.54. The van der Waals surface area contributed by atoms with Crippen molar-refractivity contribution in [2.24, 2.45) is 0 Å². The Hall–Kier alpha value is -2.12. The highest BCUT2D eigenvalue weighted by atomic mass is 32.2. The first-order chi connectivity index (χ1) is 12.1. The minimum absolute atomic E-state index is 0.0174. The second-order valence-electron chi connectivity index (χ2n) is 5.46. The third kappa shape index (κ3) is 3.77. The van der Waals surface area contributed by atoms with Gasteiger partial charge in [0.2, 0.25) is 5.91 Å². The molecule has 0 aliphatic heterocycles. The van der Waals surface area contributed by atoms with E-state index in [1.54, 1.807) is 23.6 Å². The molecule has 5 nitrogen and oxygen atoms in total. The van der Waals surface area contributed by atoms with E-state index in [-0.39, 0.29) is 5.91 Å². The summed E-state index contributed by atoms with van der Waals surface area (Å²) in [7, 11) is 0. The van der Waals surface area contributed by atoms with Crippen molar-refractivity contribution in [3.05, 3.63) is 48.0 Å². The molecule has 0 unspecified atom stereocenters. The number of carbonyl (C=O) groups excluding carboxylic acids is 1. The summed E-state index contributed by atoms with van der Waals surface area (Å²) in [6.07, 6.45) is 1.88. The van der Waals surface area contributed by atoms with Crippen LogP contribution in [0, 0.1) is 0 Å². The van der Waals surface area contributed by atoms with E-state index in [2.05, 4.69) is 22.2 Å². The van der Waals surface area contributed by atoms with E-state index < -0.39 is 0 Å². The minimum Gasteiger partial charge on any atom is -0.315 e. The molecule has 2 heterocycles. The number of thiazole rings is 1. The van der Waals surface area contributed by atoms with E-state index in [0.717, 1.165) is 33.6 Å². The van der Waals surface area contributed by atoms with Gasteiger partial charge in [-0.15, -0.1) is 17.9 Å². The van der Waals surface area contributed by atoms with Gasteiger partial charge in [0.1, 0.15) is 0 Å². The number of para-hydroxylation sites is 2. The predicted molar refractivity (Wildman–Crippen MR) is 105 cm³/mol. The van der Waals surface area contributed by atoms with Gasteiger partial charge in [-0.05, 0) is 19.1 Å². The maximum Gasteiger partial charge on any atom is 0.225 e. The molecule has 25 heavy (non-hydrogen) atoms. The average Bonchev–Trinajstić information content (AvgIpc) is 3.19. The van der Waals surface area contributed by atoms with Gasteiger partial charge >= 0.3 is 0 Å². The number of fused-ring (bicyclic) bond motifs is 1. The molecule has 0 radical (unpaired) electrons. The van der Waals surface area contributed by atoms with Crippen molar-refractivity contribution in [1.82, 2.24) is 14.5 Å². The first-order valence-corrected chi connectivity index (χ1v) is 9.92. The van der Waals surface area contributed by atoms with Crippen molar-refractivity contribution >= 4 is 45.2 Å². The molecule has 1 aromatic carbocycles. The molecule has 0 atom stereocenters. The standard InChI is InChI=1S/C18H20N4OS2/c1-4-10-22-16-9-7-6-8-15(16)20-18(22)25-12-14-11-24-17(19-14)21(5-2)13(3)23/h4,6-9,11H,1,5,10,12H2,2-3H3. The molecule has 0 aliphatic carbocycles. The summed E-state index contributed by atoms with van der Waals surface area (Å²) in [6, 6.07) is 8.11. The molecule has 2 aromatic heterocycles. The van der Waals surface area contributed by atoms with Crippen molar-refractivity contribution in [3.63, 3.8) is 0 Å². The number of benzene rings is 1. The van der Waals surface area contributed by atoms with Crippen molar-refractivity contribution in [1.29, 1.82) is 0 Å². The zero-order valence-corrected chi connectivity index (χ0v) is 15.9. The summed E-state index contributed by atoms with van der Waals surface area (Å²) in [5.74, 6) is 0.732. The second kappa shape index (κ2) is 7.84. The van der Waals surface area contributed by atoms with E-state index in [4.69, 9.17) is 4.98 Å². The molecule has 3 aromatic rings. The molecule has 0 fully saturated rings. The van der Waals surface area contributed by atoms with E-state index in [1.165, 1.54) is 11.3 Å². The highest BCUT2D eigenvalue weighted by Crippen LogP contribution is 2.29. The molecular weight excluding hydrogens is 352 g/mol. The molecule has 0 saturated carbocycles. The molecule has 130 valence electrons. The normalized spacial score (nSPS) is 11.0. The molecule has 3 rings (SSSR count). The van der Waals surface area contributed by atoms with Crippen molar-refractivity contribution in [3.8, 4) is 0 Å². The first-order valence-electron chi connectivity index (χ1n) is 8.05. The maximum atomic E-state index is 11.6. The lowest BCUT2D eigenvalue weighted by molar-refractivity contribution is -0.116. The van der Waals surface area contributed by atoms with Crippen LogP contribution in [0.5, 0.6) is 0 Å². The number of carbonyl (C=O) groups is 1. The summed E-state index contributed by atoms with van der Waals surface area (Å²) < 4.78 is 2.16. The molecule has 0 N–H and O–H groups in total. The van der Waals surface area contributed by atoms with Gasteiger partial charge in [-0.2, -0.15) is 0 Å². The fourth-order valence-electron chi connectivity index (χ4n) is 2.59. The number of imidazole rings is 1. The van der Waals surface area contributed by atoms with Crippen molar-refractivity contribution in [2.75, 3.05) is 11.4 Å². The summed E-state index contributed by atoms with van der Waals surface area (Å²) in [5, 5.41) is 3.72. The van der Waals surface area contributed by atoms with Crippen LogP contribution in [0.3, 0.4) is 0 Å². The van der Waals surface area contributed by atoms with Gasteiger partial charge in [-0.25, -0.2) is 9.97 Å². The fraction of sp³-hybridized carbons (Fsp3) is 0.278. The molecule has 1 amide bonds. The Labute approximate surface area is 155 Å². The van der Waals surface area contributed by atoms with E-state index in [0.29, 0.717) is 12.3 Å². The minimum atomic E-state index is 0.0174. The molecule has 0 aliphatic rings. The van der Waals surface area contributed by atoms with Gasteiger partial charge in [0.15, 0.2) is 10.3 Å². The zero-order valence-electron chi connectivity index (χ0n) is 14.3. The number of amides is 1. The van der Waals surface area contributed by atoms with Gasteiger partial charge < -0.3 is 4.57 Å². The van der Waals surface area contributed by atoms with Gasteiger partial charge in [0, 0.05) is 31.1 Å². The Morgan fingerprint density at radius 3 is 2.92 bits per heavy atom. The maximum absolute atomic E-state index is 11.6. The Balaban J connectivity index is 1.79. The quantitative estimate of drug-likeness (QED) is 0.457. The van der Waals surface area contributed by atoms with Gasteiger partial charge in [-0.3, -0.25) is 9.69 Å². The lowest BCUT2D eigenvalue weighted by atomic mass is 10.3. The number of aromatic nitrogens is 3. The smallest absolute Gasteiger partial charge is 0.225 e. The van der Waals surface area contributed by atoms with Crippen LogP contribution in [0.15, 0.2) is 47.5 Å². The van der Waals surface area contributed by atoms with Crippen LogP contribution >= 0.6 is 23.1 Å². The lowest BCUT2D eigenvalue weighted by Gasteiger charge is -2.14. The van der Waals surface area contributed by atoms with E-state index in [9.17, 15) is 4.79 Å². The SMILES string of the molecule is C=CCn1c(SCc2csc(N(CC)C(C)=O)n2)nc2ccccc21.